The average Bonchev–Trinajstić information content (AvgIpc) is 3.32. The molecule has 1 heterocycles. The van der Waals surface area contributed by atoms with E-state index in [9.17, 15) is 14.9 Å². The van der Waals surface area contributed by atoms with Gasteiger partial charge in [-0.3, -0.25) is 14.9 Å². The van der Waals surface area contributed by atoms with Gasteiger partial charge < -0.3 is 5.32 Å². The van der Waals surface area contributed by atoms with E-state index in [1.807, 2.05) is 60.8 Å². The van der Waals surface area contributed by atoms with Gasteiger partial charge in [0.25, 0.3) is 5.54 Å². The molecule has 3 aliphatic carbocycles. The summed E-state index contributed by atoms with van der Waals surface area (Å²) in [7, 11) is 0. The minimum atomic E-state index is -1.68. The number of aryl methyl sites for hydroxylation is 1. The second-order valence-corrected chi connectivity index (χ2v) is 10.8. The van der Waals surface area contributed by atoms with Crippen molar-refractivity contribution in [2.24, 2.45) is 5.41 Å². The third-order valence-corrected chi connectivity index (χ3v) is 8.72. The highest BCUT2D eigenvalue weighted by Gasteiger charge is 2.72. The van der Waals surface area contributed by atoms with Crippen LogP contribution in [0.5, 0.6) is 0 Å². The molecule has 1 N–H and O–H groups in total. The number of carbonyl (C=O) groups excluding carboxylic acids is 1. The van der Waals surface area contributed by atoms with Crippen LogP contribution in [0.25, 0.3) is 0 Å². The van der Waals surface area contributed by atoms with E-state index in [0.29, 0.717) is 29.1 Å². The van der Waals surface area contributed by atoms with Crippen LogP contribution in [-0.2, 0) is 16.8 Å². The van der Waals surface area contributed by atoms with Gasteiger partial charge in [0.2, 0.25) is 5.91 Å². The van der Waals surface area contributed by atoms with Gasteiger partial charge >= 0.3 is 0 Å². The van der Waals surface area contributed by atoms with E-state index in [1.165, 1.54) is 16.9 Å². The van der Waals surface area contributed by atoms with E-state index < -0.39 is 11.0 Å². The smallest absolute Gasteiger partial charge is 0.286 e. The molecule has 0 aliphatic heterocycles. The molecule has 1 unspecified atom stereocenters. The van der Waals surface area contributed by atoms with E-state index in [1.54, 1.807) is 6.92 Å². The lowest BCUT2D eigenvalue weighted by Crippen LogP contribution is -2.62. The summed E-state index contributed by atoms with van der Waals surface area (Å²) in [6, 6.07) is 23.3. The summed E-state index contributed by atoms with van der Waals surface area (Å²) in [6.45, 7) is 3.79. The predicted molar refractivity (Wildman–Crippen MR) is 140 cm³/mol. The van der Waals surface area contributed by atoms with E-state index in [4.69, 9.17) is 0 Å². The Kier molecular flexibility index (Phi) is 5.09. The molecule has 0 fully saturated rings. The summed E-state index contributed by atoms with van der Waals surface area (Å²) in [5, 5.41) is 18.4. The zero-order chi connectivity index (χ0) is 25.1. The van der Waals surface area contributed by atoms with Crippen LogP contribution in [0.4, 0.5) is 5.13 Å². The summed E-state index contributed by atoms with van der Waals surface area (Å²) in [6.07, 6.45) is 1.01. The van der Waals surface area contributed by atoms with Crippen molar-refractivity contribution in [3.05, 3.63) is 127 Å². The van der Waals surface area contributed by atoms with Gasteiger partial charge in [0.1, 0.15) is 5.41 Å². The van der Waals surface area contributed by atoms with E-state index in [-0.39, 0.29) is 16.7 Å². The monoisotopic (exact) mass is 495 g/mol. The van der Waals surface area contributed by atoms with Crippen LogP contribution < -0.4 is 5.32 Å². The SMILES string of the molecule is Cc1ccc(Cc2csc(NC(=O)C3(C)CC4c5ccccc5C3([N+](=O)[O-])c3ccccc34)n2)cc1. The summed E-state index contributed by atoms with van der Waals surface area (Å²) in [5.41, 5.74) is 3.32. The maximum Gasteiger partial charge on any atom is 0.286 e. The third kappa shape index (κ3) is 3.09. The number of fused-ring (bicyclic) bond motifs is 1. The number of carbonyl (C=O) groups is 1. The van der Waals surface area contributed by atoms with Crippen molar-refractivity contribution in [3.63, 3.8) is 0 Å². The molecule has 1 aromatic heterocycles. The number of rotatable bonds is 5. The zero-order valence-electron chi connectivity index (χ0n) is 20.0. The van der Waals surface area contributed by atoms with Gasteiger partial charge in [0.05, 0.1) is 5.69 Å². The first-order chi connectivity index (χ1) is 17.3. The molecule has 0 saturated carbocycles. The molecule has 7 rings (SSSR count). The first-order valence-corrected chi connectivity index (χ1v) is 12.9. The molecule has 1 atom stereocenters. The molecule has 0 spiro atoms. The summed E-state index contributed by atoms with van der Waals surface area (Å²) in [4.78, 5) is 31.4. The number of thiazole rings is 1. The molecule has 0 radical (unpaired) electrons. The van der Waals surface area contributed by atoms with Gasteiger partial charge in [-0.2, -0.15) is 0 Å². The van der Waals surface area contributed by atoms with Gasteiger partial charge in [-0.25, -0.2) is 4.98 Å². The fraction of sp³-hybridized carbons (Fsp3) is 0.241. The Morgan fingerprint density at radius 1 is 1.06 bits per heavy atom. The second-order valence-electron chi connectivity index (χ2n) is 9.99. The summed E-state index contributed by atoms with van der Waals surface area (Å²) >= 11 is 1.35. The number of nitrogens with one attached hydrogen (secondary N) is 1. The molecule has 6 nitrogen and oxygen atoms in total. The second kappa shape index (κ2) is 8.10. The Morgan fingerprint density at radius 3 is 2.28 bits per heavy atom. The molecule has 180 valence electrons. The standard InChI is InChI=1S/C29H25N3O3S/c1-18-11-13-19(14-12-18)15-20-17-36-27(30-20)31-26(33)28(2)16-23-21-7-3-5-9-24(21)29(28,32(34)35)25-10-6-4-8-22(23)25/h3-14,17,23H,15-16H2,1-2H3,(H,30,31,33). The van der Waals surface area contributed by atoms with Crippen molar-refractivity contribution in [1.29, 1.82) is 0 Å². The molecular weight excluding hydrogens is 470 g/mol. The topological polar surface area (TPSA) is 85.1 Å². The van der Waals surface area contributed by atoms with Gasteiger partial charge in [0, 0.05) is 33.8 Å². The van der Waals surface area contributed by atoms with Gasteiger partial charge in [-0.05, 0) is 37.0 Å². The van der Waals surface area contributed by atoms with Crippen molar-refractivity contribution in [2.45, 2.75) is 38.1 Å². The minimum Gasteiger partial charge on any atom is -0.301 e. The quantitative estimate of drug-likeness (QED) is 0.270. The number of anilines is 1. The molecular formula is C29H25N3O3S. The molecule has 36 heavy (non-hydrogen) atoms. The number of nitro groups is 1. The number of nitrogens with zero attached hydrogens (tertiary/aromatic N) is 2. The maximum absolute atomic E-state index is 14.0. The number of hydrogen-bond acceptors (Lipinski definition) is 5. The van der Waals surface area contributed by atoms with Crippen LogP contribution >= 0.6 is 11.3 Å². The molecule has 2 bridgehead atoms. The zero-order valence-corrected chi connectivity index (χ0v) is 20.8. The van der Waals surface area contributed by atoms with Crippen molar-refractivity contribution in [3.8, 4) is 0 Å². The highest BCUT2D eigenvalue weighted by Crippen LogP contribution is 2.64. The van der Waals surface area contributed by atoms with Crippen LogP contribution in [0.2, 0.25) is 0 Å². The fourth-order valence-corrected chi connectivity index (χ4v) is 6.90. The highest BCUT2D eigenvalue weighted by atomic mass is 32.1. The Bertz CT molecular complexity index is 1460. The van der Waals surface area contributed by atoms with Crippen molar-refractivity contribution in [2.75, 3.05) is 5.32 Å². The molecule has 1 amide bonds. The average molecular weight is 496 g/mol. The predicted octanol–water partition coefficient (Wildman–Crippen LogP) is 6.06. The van der Waals surface area contributed by atoms with Gasteiger partial charge in [-0.15, -0.1) is 11.3 Å². The van der Waals surface area contributed by atoms with Gasteiger partial charge in [-0.1, -0.05) is 78.4 Å². The molecule has 4 aromatic rings. The highest BCUT2D eigenvalue weighted by molar-refractivity contribution is 7.13. The lowest BCUT2D eigenvalue weighted by Gasteiger charge is -2.52. The van der Waals surface area contributed by atoms with Crippen LogP contribution in [0, 0.1) is 22.5 Å². The Labute approximate surface area is 213 Å². The number of aromatic nitrogens is 1. The number of amides is 1. The molecule has 0 saturated heterocycles. The molecule has 3 aliphatic rings. The lowest BCUT2D eigenvalue weighted by atomic mass is 9.48. The Balaban J connectivity index is 1.38. The summed E-state index contributed by atoms with van der Waals surface area (Å²) in [5.74, 6) is -0.451. The molecule has 3 aromatic carbocycles. The van der Waals surface area contributed by atoms with Crippen LogP contribution in [0.15, 0.2) is 78.2 Å². The maximum atomic E-state index is 14.0. The van der Waals surface area contributed by atoms with E-state index >= 15 is 0 Å². The van der Waals surface area contributed by atoms with Crippen LogP contribution in [0.3, 0.4) is 0 Å². The van der Waals surface area contributed by atoms with Gasteiger partial charge in [0.15, 0.2) is 5.13 Å². The fourth-order valence-electron chi connectivity index (χ4n) is 6.19. The Hall–Kier alpha value is -3.84. The van der Waals surface area contributed by atoms with E-state index in [0.717, 1.165) is 22.4 Å². The largest absolute Gasteiger partial charge is 0.301 e. The molecule has 7 heteroatoms. The normalized spacial score (nSPS) is 23.6. The number of benzene rings is 3. The van der Waals surface area contributed by atoms with E-state index in [2.05, 4.69) is 34.6 Å². The lowest BCUT2D eigenvalue weighted by molar-refractivity contribution is -0.587. The van der Waals surface area contributed by atoms with Crippen molar-refractivity contribution in [1.82, 2.24) is 4.98 Å². The third-order valence-electron chi connectivity index (χ3n) is 7.92. The first kappa shape index (κ1) is 22.6. The first-order valence-electron chi connectivity index (χ1n) is 12.0. The van der Waals surface area contributed by atoms with Crippen LogP contribution in [0.1, 0.15) is 58.3 Å². The number of hydrogen-bond donors (Lipinski definition) is 1. The van der Waals surface area contributed by atoms with Crippen molar-refractivity contribution < 1.29 is 9.72 Å². The van der Waals surface area contributed by atoms with Crippen molar-refractivity contribution >= 4 is 22.4 Å². The van der Waals surface area contributed by atoms with Crippen LogP contribution in [-0.4, -0.2) is 15.8 Å². The Morgan fingerprint density at radius 2 is 1.67 bits per heavy atom. The minimum absolute atomic E-state index is 0.0802. The summed E-state index contributed by atoms with van der Waals surface area (Å²) < 4.78 is 0.